The standard InChI is InChI=1S/C23H18N2O4S/c1-29-17-11-13-18(14-12-17)30(27,28)25-21-15-22(24-16-7-3-2-4-8-16)23(26)20-10-6-5-9-19(20)21/h2-15,24H,1H3/b25-21+. The van der Waals surface area contributed by atoms with Gasteiger partial charge in [-0.3, -0.25) is 4.79 Å². The molecule has 0 saturated carbocycles. The Bertz CT molecular complexity index is 1260. The van der Waals surface area contributed by atoms with Crippen LogP contribution in [0.3, 0.4) is 0 Å². The number of carbonyl (C=O) groups excluding carboxylic acids is 1. The number of benzene rings is 3. The van der Waals surface area contributed by atoms with Crippen molar-refractivity contribution in [2.24, 2.45) is 4.40 Å². The van der Waals surface area contributed by atoms with Gasteiger partial charge >= 0.3 is 0 Å². The summed E-state index contributed by atoms with van der Waals surface area (Å²) in [5.74, 6) is 0.319. The van der Waals surface area contributed by atoms with E-state index in [1.807, 2.05) is 30.3 Å². The van der Waals surface area contributed by atoms with Crippen molar-refractivity contribution in [1.82, 2.24) is 0 Å². The fourth-order valence-corrected chi connectivity index (χ4v) is 4.10. The molecule has 0 spiro atoms. The largest absolute Gasteiger partial charge is 0.497 e. The van der Waals surface area contributed by atoms with E-state index in [0.29, 0.717) is 22.6 Å². The average molecular weight is 418 g/mol. The maximum atomic E-state index is 12.9. The number of rotatable bonds is 5. The van der Waals surface area contributed by atoms with Gasteiger partial charge in [0.2, 0.25) is 5.78 Å². The van der Waals surface area contributed by atoms with Gasteiger partial charge in [0.25, 0.3) is 10.0 Å². The highest BCUT2D eigenvalue weighted by molar-refractivity contribution is 7.90. The van der Waals surface area contributed by atoms with Crippen molar-refractivity contribution in [3.05, 3.63) is 102 Å². The lowest BCUT2D eigenvalue weighted by Crippen LogP contribution is -2.22. The van der Waals surface area contributed by atoms with Gasteiger partial charge in [0.1, 0.15) is 5.75 Å². The van der Waals surface area contributed by atoms with E-state index in [9.17, 15) is 13.2 Å². The molecule has 0 unspecified atom stereocenters. The van der Waals surface area contributed by atoms with Crippen LogP contribution >= 0.6 is 0 Å². The van der Waals surface area contributed by atoms with Gasteiger partial charge in [-0.15, -0.1) is 0 Å². The SMILES string of the molecule is COc1ccc(S(=O)(=O)/N=C2\C=C(Nc3ccccc3)C(=O)c3ccccc32)cc1. The molecule has 0 aromatic heterocycles. The Hall–Kier alpha value is -3.71. The molecule has 6 nitrogen and oxygen atoms in total. The quantitative estimate of drug-likeness (QED) is 0.675. The number of Topliss-reactive ketones (excluding diaryl/α,β-unsaturated/α-hetero) is 1. The molecule has 0 atom stereocenters. The minimum absolute atomic E-state index is 0.0381. The summed E-state index contributed by atoms with van der Waals surface area (Å²) in [5, 5.41) is 3.06. The number of anilines is 1. The maximum Gasteiger partial charge on any atom is 0.282 e. The molecule has 0 aliphatic heterocycles. The first-order valence-electron chi connectivity index (χ1n) is 9.15. The number of hydrogen-bond donors (Lipinski definition) is 1. The number of fused-ring (bicyclic) bond motifs is 1. The average Bonchev–Trinajstić information content (AvgIpc) is 2.77. The Morgan fingerprint density at radius 3 is 2.13 bits per heavy atom. The van der Waals surface area contributed by atoms with Crippen LogP contribution in [0.4, 0.5) is 5.69 Å². The molecule has 7 heteroatoms. The number of allylic oxidation sites excluding steroid dienone is 2. The Labute approximate surface area is 174 Å². The lowest BCUT2D eigenvalue weighted by molar-refractivity contribution is 0.103. The number of nitrogens with zero attached hydrogens (tertiary/aromatic N) is 1. The van der Waals surface area contributed by atoms with E-state index in [1.165, 1.54) is 25.3 Å². The highest BCUT2D eigenvalue weighted by atomic mass is 32.2. The fraction of sp³-hybridized carbons (Fsp3) is 0.0435. The summed E-state index contributed by atoms with van der Waals surface area (Å²) in [5.41, 5.74) is 2.03. The highest BCUT2D eigenvalue weighted by Gasteiger charge is 2.26. The number of methoxy groups -OCH3 is 1. The van der Waals surface area contributed by atoms with Crippen LogP contribution in [-0.2, 0) is 10.0 Å². The fourth-order valence-electron chi connectivity index (χ4n) is 3.10. The van der Waals surface area contributed by atoms with Gasteiger partial charge in [0.05, 0.1) is 23.4 Å². The Morgan fingerprint density at radius 1 is 0.833 bits per heavy atom. The van der Waals surface area contributed by atoms with E-state index in [0.717, 1.165) is 0 Å². The number of sulfonamides is 1. The van der Waals surface area contributed by atoms with Gasteiger partial charge < -0.3 is 10.1 Å². The normalized spacial score (nSPS) is 14.8. The van der Waals surface area contributed by atoms with Gasteiger partial charge in [-0.2, -0.15) is 12.8 Å². The number of hydrogen-bond acceptors (Lipinski definition) is 5. The van der Waals surface area contributed by atoms with Gasteiger partial charge in [0.15, 0.2) is 0 Å². The smallest absolute Gasteiger partial charge is 0.282 e. The highest BCUT2D eigenvalue weighted by Crippen LogP contribution is 2.25. The Balaban J connectivity index is 1.79. The third kappa shape index (κ3) is 3.88. The number of para-hydroxylation sites is 1. The van der Waals surface area contributed by atoms with Crippen LogP contribution in [0.1, 0.15) is 15.9 Å². The van der Waals surface area contributed by atoms with Crippen LogP contribution in [0.25, 0.3) is 0 Å². The van der Waals surface area contributed by atoms with Crippen LogP contribution in [0, 0.1) is 0 Å². The van der Waals surface area contributed by atoms with Crippen LogP contribution in [0.2, 0.25) is 0 Å². The molecule has 30 heavy (non-hydrogen) atoms. The number of carbonyl (C=O) groups is 1. The van der Waals surface area contributed by atoms with Gasteiger partial charge in [-0.05, 0) is 42.5 Å². The number of ether oxygens (including phenoxy) is 1. The zero-order valence-electron chi connectivity index (χ0n) is 16.1. The molecule has 150 valence electrons. The second kappa shape index (κ2) is 7.96. The molecule has 4 rings (SSSR count). The molecule has 0 amide bonds. The second-order valence-corrected chi connectivity index (χ2v) is 8.15. The predicted octanol–water partition coefficient (Wildman–Crippen LogP) is 4.07. The Kier molecular flexibility index (Phi) is 5.20. The monoisotopic (exact) mass is 418 g/mol. The topological polar surface area (TPSA) is 84.8 Å². The van der Waals surface area contributed by atoms with E-state index in [-0.39, 0.29) is 22.1 Å². The van der Waals surface area contributed by atoms with E-state index >= 15 is 0 Å². The lowest BCUT2D eigenvalue weighted by atomic mass is 9.92. The predicted molar refractivity (Wildman–Crippen MR) is 116 cm³/mol. The zero-order chi connectivity index (χ0) is 21.1. The van der Waals surface area contributed by atoms with Crippen LogP contribution in [-0.4, -0.2) is 27.0 Å². The maximum absolute atomic E-state index is 12.9. The molecule has 1 aliphatic carbocycles. The third-order valence-electron chi connectivity index (χ3n) is 4.60. The molecule has 0 fully saturated rings. The van der Waals surface area contributed by atoms with E-state index < -0.39 is 10.0 Å². The van der Waals surface area contributed by atoms with Crippen molar-refractivity contribution in [2.75, 3.05) is 12.4 Å². The van der Waals surface area contributed by atoms with Crippen molar-refractivity contribution in [1.29, 1.82) is 0 Å². The van der Waals surface area contributed by atoms with E-state index in [1.54, 1.807) is 36.4 Å². The molecule has 3 aromatic carbocycles. The molecule has 3 aromatic rings. The lowest BCUT2D eigenvalue weighted by Gasteiger charge is -2.18. The van der Waals surface area contributed by atoms with Crippen molar-refractivity contribution in [3.63, 3.8) is 0 Å². The van der Waals surface area contributed by atoms with Gasteiger partial charge in [0, 0.05) is 16.8 Å². The summed E-state index contributed by atoms with van der Waals surface area (Å²) in [6, 6.07) is 22.0. The summed E-state index contributed by atoms with van der Waals surface area (Å²) in [4.78, 5) is 13.0. The molecule has 0 saturated heterocycles. The van der Waals surface area contributed by atoms with Crippen molar-refractivity contribution >= 4 is 27.2 Å². The number of nitrogens with one attached hydrogen (secondary N) is 1. The molecular formula is C23H18N2O4S. The first kappa shape index (κ1) is 19.6. The van der Waals surface area contributed by atoms with Crippen molar-refractivity contribution < 1.29 is 17.9 Å². The summed E-state index contributed by atoms with van der Waals surface area (Å²) < 4.78 is 34.9. The zero-order valence-corrected chi connectivity index (χ0v) is 16.9. The van der Waals surface area contributed by atoms with Gasteiger partial charge in [-0.1, -0.05) is 42.5 Å². The van der Waals surface area contributed by atoms with Crippen LogP contribution < -0.4 is 10.1 Å². The van der Waals surface area contributed by atoms with E-state index in [4.69, 9.17) is 4.74 Å². The van der Waals surface area contributed by atoms with Crippen LogP contribution in [0.5, 0.6) is 5.75 Å². The Morgan fingerprint density at radius 2 is 1.47 bits per heavy atom. The summed E-state index contributed by atoms with van der Waals surface area (Å²) >= 11 is 0. The molecule has 0 heterocycles. The molecule has 0 bridgehead atoms. The molecular weight excluding hydrogens is 400 g/mol. The van der Waals surface area contributed by atoms with Crippen LogP contribution in [0.15, 0.2) is 99.9 Å². The minimum Gasteiger partial charge on any atom is -0.497 e. The first-order chi connectivity index (χ1) is 14.5. The molecule has 1 aliphatic rings. The molecule has 0 radical (unpaired) electrons. The second-order valence-electron chi connectivity index (χ2n) is 6.55. The minimum atomic E-state index is -3.99. The van der Waals surface area contributed by atoms with Crippen molar-refractivity contribution in [3.8, 4) is 5.75 Å². The number of ketones is 1. The van der Waals surface area contributed by atoms with E-state index in [2.05, 4.69) is 9.71 Å². The molecule has 1 N–H and O–H groups in total. The summed E-state index contributed by atoms with van der Waals surface area (Å²) in [6.07, 6.45) is 1.47. The van der Waals surface area contributed by atoms with Gasteiger partial charge in [-0.25, -0.2) is 0 Å². The van der Waals surface area contributed by atoms with Crippen molar-refractivity contribution in [2.45, 2.75) is 4.90 Å². The summed E-state index contributed by atoms with van der Waals surface area (Å²) in [6.45, 7) is 0. The summed E-state index contributed by atoms with van der Waals surface area (Å²) in [7, 11) is -2.49. The third-order valence-corrected chi connectivity index (χ3v) is 5.91. The first-order valence-corrected chi connectivity index (χ1v) is 10.6.